The first-order valence-electron chi connectivity index (χ1n) is 9.14. The summed E-state index contributed by atoms with van der Waals surface area (Å²) in [4.78, 5) is 14.8. The van der Waals surface area contributed by atoms with Gasteiger partial charge < -0.3 is 15.0 Å². The second-order valence-electron chi connectivity index (χ2n) is 7.18. The van der Waals surface area contributed by atoms with Crippen molar-refractivity contribution in [2.24, 2.45) is 11.8 Å². The van der Waals surface area contributed by atoms with Crippen LogP contribution in [0.1, 0.15) is 27.2 Å². The van der Waals surface area contributed by atoms with Crippen LogP contribution in [0, 0.1) is 11.8 Å². The Hall–Kier alpha value is -1.80. The summed E-state index contributed by atoms with van der Waals surface area (Å²) >= 11 is 2.93. The molecule has 146 valence electrons. The predicted octanol–water partition coefficient (Wildman–Crippen LogP) is 4.28. The summed E-state index contributed by atoms with van der Waals surface area (Å²) in [5.41, 5.74) is 0.891. The normalized spacial score (nSPS) is 21.0. The van der Waals surface area contributed by atoms with Gasteiger partial charge in [0.1, 0.15) is 5.75 Å². The van der Waals surface area contributed by atoms with Crippen LogP contribution in [0.4, 0.5) is 10.8 Å². The first-order valence-corrected chi connectivity index (χ1v) is 10.8. The standard InChI is InChI=1S/C19H26N4O2S2/c1-12-8-13(2)11-23(10-12)17(24)14(3)26-19-22-21-18(27-19)20-15-6-5-7-16(9-15)25-4/h5-7,9,12-14H,8,10-11H2,1-4H3,(H,20,21). The highest BCUT2D eigenvalue weighted by Gasteiger charge is 2.29. The Labute approximate surface area is 168 Å². The number of hydrogen-bond donors (Lipinski definition) is 1. The van der Waals surface area contributed by atoms with E-state index in [4.69, 9.17) is 4.74 Å². The van der Waals surface area contributed by atoms with Crippen LogP contribution >= 0.6 is 23.1 Å². The van der Waals surface area contributed by atoms with Gasteiger partial charge in [-0.3, -0.25) is 4.79 Å². The van der Waals surface area contributed by atoms with Crippen molar-refractivity contribution < 1.29 is 9.53 Å². The van der Waals surface area contributed by atoms with E-state index in [1.165, 1.54) is 29.5 Å². The highest BCUT2D eigenvalue weighted by molar-refractivity contribution is 8.02. The van der Waals surface area contributed by atoms with Crippen molar-refractivity contribution in [1.82, 2.24) is 15.1 Å². The fourth-order valence-electron chi connectivity index (χ4n) is 3.43. The molecular formula is C19H26N4O2S2. The van der Waals surface area contributed by atoms with E-state index in [9.17, 15) is 4.79 Å². The zero-order valence-electron chi connectivity index (χ0n) is 16.1. The summed E-state index contributed by atoms with van der Waals surface area (Å²) in [5, 5.41) is 12.2. The minimum absolute atomic E-state index is 0.167. The number of hydrogen-bond acceptors (Lipinski definition) is 7. The Morgan fingerprint density at radius 1 is 1.33 bits per heavy atom. The lowest BCUT2D eigenvalue weighted by atomic mass is 9.92. The maximum atomic E-state index is 12.8. The average Bonchev–Trinajstić information content (AvgIpc) is 3.07. The third kappa shape index (κ3) is 5.35. The number of nitrogens with zero attached hydrogens (tertiary/aromatic N) is 3. The Balaban J connectivity index is 1.58. The van der Waals surface area contributed by atoms with E-state index in [1.807, 2.05) is 36.1 Å². The molecule has 27 heavy (non-hydrogen) atoms. The zero-order chi connectivity index (χ0) is 19.4. The number of methoxy groups -OCH3 is 1. The van der Waals surface area contributed by atoms with Gasteiger partial charge in [0.05, 0.1) is 12.4 Å². The molecule has 1 fully saturated rings. The number of rotatable bonds is 6. The van der Waals surface area contributed by atoms with Crippen molar-refractivity contribution in [3.8, 4) is 5.75 Å². The Morgan fingerprint density at radius 2 is 2.07 bits per heavy atom. The second kappa shape index (κ2) is 8.93. The lowest BCUT2D eigenvalue weighted by molar-refractivity contribution is -0.132. The summed E-state index contributed by atoms with van der Waals surface area (Å²) in [6.45, 7) is 8.09. The Bertz CT molecular complexity index is 773. The van der Waals surface area contributed by atoms with Gasteiger partial charge >= 0.3 is 0 Å². The molecule has 8 heteroatoms. The molecule has 2 aromatic rings. The van der Waals surface area contributed by atoms with E-state index >= 15 is 0 Å². The van der Waals surface area contributed by atoms with E-state index in [1.54, 1.807) is 7.11 Å². The fraction of sp³-hybridized carbons (Fsp3) is 0.526. The SMILES string of the molecule is COc1cccc(Nc2nnc(SC(C)C(=O)N3CC(C)CC(C)C3)s2)c1. The summed E-state index contributed by atoms with van der Waals surface area (Å²) in [6.07, 6.45) is 1.20. The number of anilines is 2. The van der Waals surface area contributed by atoms with Crippen molar-refractivity contribution in [1.29, 1.82) is 0 Å². The van der Waals surface area contributed by atoms with Crippen LogP contribution in [-0.2, 0) is 4.79 Å². The molecule has 1 aromatic carbocycles. The molecule has 1 aliphatic rings. The highest BCUT2D eigenvalue weighted by atomic mass is 32.2. The third-order valence-corrected chi connectivity index (χ3v) is 6.54. The van der Waals surface area contributed by atoms with Gasteiger partial charge in [-0.15, -0.1) is 10.2 Å². The van der Waals surface area contributed by atoms with Gasteiger partial charge in [-0.1, -0.05) is 43.0 Å². The largest absolute Gasteiger partial charge is 0.497 e. The van der Waals surface area contributed by atoms with E-state index < -0.39 is 0 Å². The maximum Gasteiger partial charge on any atom is 0.235 e. The van der Waals surface area contributed by atoms with E-state index in [0.717, 1.165) is 28.9 Å². The number of aromatic nitrogens is 2. The van der Waals surface area contributed by atoms with Crippen molar-refractivity contribution in [3.05, 3.63) is 24.3 Å². The molecular weight excluding hydrogens is 380 g/mol. The number of amides is 1. The minimum atomic E-state index is -0.167. The van der Waals surface area contributed by atoms with E-state index in [-0.39, 0.29) is 11.2 Å². The second-order valence-corrected chi connectivity index (χ2v) is 9.74. The smallest absolute Gasteiger partial charge is 0.235 e. The molecule has 0 aliphatic carbocycles. The summed E-state index contributed by atoms with van der Waals surface area (Å²) in [5.74, 6) is 2.10. The van der Waals surface area contributed by atoms with Gasteiger partial charge in [0.15, 0.2) is 4.34 Å². The lowest BCUT2D eigenvalue weighted by Gasteiger charge is -2.36. The minimum Gasteiger partial charge on any atom is -0.497 e. The summed E-state index contributed by atoms with van der Waals surface area (Å²) < 4.78 is 6.02. The molecule has 3 rings (SSSR count). The molecule has 1 amide bonds. The fourth-order valence-corrected chi connectivity index (χ4v) is 5.43. The number of piperidine rings is 1. The average molecular weight is 407 g/mol. The number of thioether (sulfide) groups is 1. The van der Waals surface area contributed by atoms with Gasteiger partial charge in [0.2, 0.25) is 11.0 Å². The van der Waals surface area contributed by atoms with E-state index in [0.29, 0.717) is 17.0 Å². The number of ether oxygens (including phenoxy) is 1. The van der Waals surface area contributed by atoms with Crippen molar-refractivity contribution in [2.75, 3.05) is 25.5 Å². The van der Waals surface area contributed by atoms with Crippen LogP contribution in [0.3, 0.4) is 0 Å². The van der Waals surface area contributed by atoms with Crippen LogP contribution in [0.15, 0.2) is 28.6 Å². The highest BCUT2D eigenvalue weighted by Crippen LogP contribution is 2.32. The molecule has 1 N–H and O–H groups in total. The molecule has 0 saturated carbocycles. The van der Waals surface area contributed by atoms with Crippen LogP contribution in [0.5, 0.6) is 5.75 Å². The molecule has 3 atom stereocenters. The molecule has 0 bridgehead atoms. The first kappa shape index (κ1) is 19.9. The molecule has 0 radical (unpaired) electrons. The van der Waals surface area contributed by atoms with Crippen LogP contribution in [0.2, 0.25) is 0 Å². The van der Waals surface area contributed by atoms with Crippen molar-refractivity contribution >= 4 is 39.8 Å². The molecule has 3 unspecified atom stereocenters. The number of benzene rings is 1. The number of nitrogens with one attached hydrogen (secondary N) is 1. The zero-order valence-corrected chi connectivity index (χ0v) is 17.8. The first-order chi connectivity index (χ1) is 12.9. The Morgan fingerprint density at radius 3 is 2.78 bits per heavy atom. The molecule has 0 spiro atoms. The quantitative estimate of drug-likeness (QED) is 0.723. The third-order valence-electron chi connectivity index (χ3n) is 4.53. The van der Waals surface area contributed by atoms with Gasteiger partial charge in [-0.2, -0.15) is 0 Å². The topological polar surface area (TPSA) is 67.3 Å². The molecule has 2 heterocycles. The van der Waals surface area contributed by atoms with E-state index in [2.05, 4.69) is 29.4 Å². The van der Waals surface area contributed by atoms with Gasteiger partial charge in [0, 0.05) is 24.8 Å². The van der Waals surface area contributed by atoms with Gasteiger partial charge in [-0.25, -0.2) is 0 Å². The summed E-state index contributed by atoms with van der Waals surface area (Å²) in [7, 11) is 1.64. The monoisotopic (exact) mass is 406 g/mol. The van der Waals surface area contributed by atoms with Gasteiger partial charge in [-0.05, 0) is 37.3 Å². The van der Waals surface area contributed by atoms with Crippen molar-refractivity contribution in [2.45, 2.75) is 36.8 Å². The number of carbonyl (C=O) groups excluding carboxylic acids is 1. The predicted molar refractivity (Wildman–Crippen MR) is 111 cm³/mol. The van der Waals surface area contributed by atoms with Crippen LogP contribution in [0.25, 0.3) is 0 Å². The maximum absolute atomic E-state index is 12.8. The lowest BCUT2D eigenvalue weighted by Crippen LogP contribution is -2.45. The van der Waals surface area contributed by atoms with Gasteiger partial charge in [0.25, 0.3) is 0 Å². The van der Waals surface area contributed by atoms with Crippen LogP contribution in [-0.4, -0.2) is 46.5 Å². The van der Waals surface area contributed by atoms with Crippen LogP contribution < -0.4 is 10.1 Å². The number of carbonyl (C=O) groups is 1. The molecule has 1 aliphatic heterocycles. The Kier molecular flexibility index (Phi) is 6.59. The van der Waals surface area contributed by atoms with Crippen molar-refractivity contribution in [3.63, 3.8) is 0 Å². The molecule has 1 saturated heterocycles. The summed E-state index contributed by atoms with van der Waals surface area (Å²) in [6, 6.07) is 7.65. The molecule has 1 aromatic heterocycles. The number of likely N-dealkylation sites (tertiary alicyclic amines) is 1. The molecule has 6 nitrogen and oxygen atoms in total.